The van der Waals surface area contributed by atoms with Gasteiger partial charge in [0, 0.05) is 35.9 Å². The molecule has 4 rings (SSSR count). The number of nitrogens with zero attached hydrogens (tertiary/aromatic N) is 2. The van der Waals surface area contributed by atoms with Crippen molar-refractivity contribution in [2.75, 3.05) is 10.5 Å². The van der Waals surface area contributed by atoms with Gasteiger partial charge in [-0.3, -0.25) is 9.52 Å². The van der Waals surface area contributed by atoms with Crippen molar-refractivity contribution < 1.29 is 17.9 Å². The predicted molar refractivity (Wildman–Crippen MR) is 115 cm³/mol. The smallest absolute Gasteiger partial charge is 0.253 e. The van der Waals surface area contributed by atoms with Gasteiger partial charge in [-0.2, -0.15) is 0 Å². The molecule has 2 atom stereocenters. The average molecular weight is 432 g/mol. The molecule has 8 nitrogen and oxygen atoms in total. The zero-order valence-corrected chi connectivity index (χ0v) is 18.0. The number of pyridine rings is 1. The monoisotopic (exact) mass is 431 g/mol. The Bertz CT molecular complexity index is 1250. The van der Waals surface area contributed by atoms with Crippen molar-refractivity contribution in [2.45, 2.75) is 45.1 Å². The van der Waals surface area contributed by atoms with Crippen molar-refractivity contribution in [1.82, 2.24) is 9.55 Å². The highest BCUT2D eigenvalue weighted by atomic mass is 32.2. The molecule has 2 aromatic heterocycles. The standard InChI is InChI=1S/C21H25N3O5S/c1-4-30(27,28)23-15-9-17(14-7-12(2)21(26)24(3)11-14)19-18(10-15)22-20(29-19)13-5-6-16(25)8-13/h7,9-11,13,16,23,25H,4-6,8H2,1-3H3/t13?,16-/m0/s1. The fourth-order valence-corrected chi connectivity index (χ4v) is 4.58. The van der Waals surface area contributed by atoms with E-state index in [0.29, 0.717) is 46.6 Å². The molecule has 9 heteroatoms. The van der Waals surface area contributed by atoms with Gasteiger partial charge in [0.05, 0.1) is 17.5 Å². The Morgan fingerprint density at radius 3 is 2.70 bits per heavy atom. The van der Waals surface area contributed by atoms with Crippen molar-refractivity contribution in [3.63, 3.8) is 0 Å². The van der Waals surface area contributed by atoms with Crippen LogP contribution in [0.1, 0.15) is 43.6 Å². The first-order chi connectivity index (χ1) is 14.2. The van der Waals surface area contributed by atoms with E-state index < -0.39 is 10.0 Å². The molecule has 30 heavy (non-hydrogen) atoms. The van der Waals surface area contributed by atoms with Crippen molar-refractivity contribution in [2.24, 2.45) is 7.05 Å². The number of anilines is 1. The lowest BCUT2D eigenvalue weighted by atomic mass is 10.0. The fourth-order valence-electron chi connectivity index (χ4n) is 3.96. The number of sulfonamides is 1. The molecule has 2 N–H and O–H groups in total. The third-order valence-corrected chi connectivity index (χ3v) is 6.89. The number of aliphatic hydroxyl groups excluding tert-OH is 1. The van der Waals surface area contributed by atoms with Crippen LogP contribution in [0.15, 0.2) is 33.6 Å². The summed E-state index contributed by atoms with van der Waals surface area (Å²) in [6.07, 6.45) is 3.43. The van der Waals surface area contributed by atoms with Gasteiger partial charge in [0.1, 0.15) is 5.52 Å². The van der Waals surface area contributed by atoms with E-state index in [9.17, 15) is 18.3 Å². The topological polar surface area (TPSA) is 114 Å². The summed E-state index contributed by atoms with van der Waals surface area (Å²) in [4.78, 5) is 16.7. The highest BCUT2D eigenvalue weighted by Gasteiger charge is 2.29. The summed E-state index contributed by atoms with van der Waals surface area (Å²) >= 11 is 0. The molecule has 3 aromatic rings. The van der Waals surface area contributed by atoms with Crippen molar-refractivity contribution in [3.05, 3.63) is 46.2 Å². The van der Waals surface area contributed by atoms with Crippen LogP contribution in [0.25, 0.3) is 22.2 Å². The number of fused-ring (bicyclic) bond motifs is 1. The van der Waals surface area contributed by atoms with E-state index in [1.165, 1.54) is 4.57 Å². The zero-order chi connectivity index (χ0) is 21.6. The van der Waals surface area contributed by atoms with Crippen molar-refractivity contribution in [1.29, 1.82) is 0 Å². The van der Waals surface area contributed by atoms with Gasteiger partial charge < -0.3 is 14.1 Å². The van der Waals surface area contributed by atoms with Crippen molar-refractivity contribution >= 4 is 26.8 Å². The minimum Gasteiger partial charge on any atom is -0.440 e. The van der Waals surface area contributed by atoms with E-state index >= 15 is 0 Å². The summed E-state index contributed by atoms with van der Waals surface area (Å²) in [6.45, 7) is 3.30. The summed E-state index contributed by atoms with van der Waals surface area (Å²) in [6, 6.07) is 5.11. The maximum Gasteiger partial charge on any atom is 0.253 e. The molecule has 1 saturated carbocycles. The van der Waals surface area contributed by atoms with E-state index in [-0.39, 0.29) is 23.3 Å². The van der Waals surface area contributed by atoms with Crippen molar-refractivity contribution in [3.8, 4) is 11.1 Å². The Morgan fingerprint density at radius 1 is 1.30 bits per heavy atom. The first kappa shape index (κ1) is 20.6. The quantitative estimate of drug-likeness (QED) is 0.642. The van der Waals surface area contributed by atoms with E-state index in [1.807, 2.05) is 0 Å². The van der Waals surface area contributed by atoms with E-state index in [0.717, 1.165) is 12.0 Å². The van der Waals surface area contributed by atoms with Crippen LogP contribution >= 0.6 is 0 Å². The number of hydrogen-bond donors (Lipinski definition) is 2. The third-order valence-electron chi connectivity index (χ3n) is 5.59. The molecular formula is C21H25N3O5S. The maximum atomic E-state index is 12.1. The van der Waals surface area contributed by atoms with Gasteiger partial charge in [0.2, 0.25) is 10.0 Å². The Hall–Kier alpha value is -2.65. The lowest BCUT2D eigenvalue weighted by molar-refractivity contribution is 0.180. The molecule has 0 spiro atoms. The van der Waals surface area contributed by atoms with Crippen LogP contribution in [0.4, 0.5) is 5.69 Å². The van der Waals surface area contributed by atoms with Gasteiger partial charge in [0.25, 0.3) is 5.56 Å². The van der Waals surface area contributed by atoms with Gasteiger partial charge in [-0.05, 0) is 51.3 Å². The van der Waals surface area contributed by atoms with Crippen LogP contribution in [0.2, 0.25) is 0 Å². The van der Waals surface area contributed by atoms with Gasteiger partial charge in [-0.25, -0.2) is 13.4 Å². The first-order valence-electron chi connectivity index (χ1n) is 9.97. The second-order valence-electron chi connectivity index (χ2n) is 7.92. The average Bonchev–Trinajstić information content (AvgIpc) is 3.30. The number of rotatable bonds is 5. The number of benzene rings is 1. The molecule has 160 valence electrons. The van der Waals surface area contributed by atoms with Gasteiger partial charge in [-0.15, -0.1) is 0 Å². The largest absolute Gasteiger partial charge is 0.440 e. The summed E-state index contributed by atoms with van der Waals surface area (Å²) < 4.78 is 34.4. The Balaban J connectivity index is 1.91. The van der Waals surface area contributed by atoms with Crippen LogP contribution in [0, 0.1) is 6.92 Å². The van der Waals surface area contributed by atoms with E-state index in [1.54, 1.807) is 45.3 Å². The fraction of sp³-hybridized carbons (Fsp3) is 0.429. The van der Waals surface area contributed by atoms with Crippen LogP contribution in [0.5, 0.6) is 0 Å². The first-order valence-corrected chi connectivity index (χ1v) is 11.6. The molecular weight excluding hydrogens is 406 g/mol. The number of hydrogen-bond acceptors (Lipinski definition) is 6. The predicted octanol–water partition coefficient (Wildman–Crippen LogP) is 2.89. The molecule has 0 radical (unpaired) electrons. The molecule has 2 heterocycles. The summed E-state index contributed by atoms with van der Waals surface area (Å²) in [7, 11) is -1.80. The van der Waals surface area contributed by atoms with Gasteiger partial charge >= 0.3 is 0 Å². The lowest BCUT2D eigenvalue weighted by Gasteiger charge is -2.10. The number of nitrogens with one attached hydrogen (secondary N) is 1. The lowest BCUT2D eigenvalue weighted by Crippen LogP contribution is -2.18. The van der Waals surface area contributed by atoms with Crippen LogP contribution < -0.4 is 10.3 Å². The highest BCUT2D eigenvalue weighted by Crippen LogP contribution is 2.39. The maximum absolute atomic E-state index is 12.1. The van der Waals surface area contributed by atoms with E-state index in [4.69, 9.17) is 4.42 Å². The molecule has 0 aliphatic heterocycles. The minimum absolute atomic E-state index is 0.0258. The number of aromatic nitrogens is 2. The van der Waals surface area contributed by atoms with Crippen LogP contribution in [0.3, 0.4) is 0 Å². The van der Waals surface area contributed by atoms with E-state index in [2.05, 4.69) is 9.71 Å². The number of oxazole rings is 1. The number of aryl methyl sites for hydroxylation is 2. The molecule has 1 aliphatic rings. The molecule has 1 fully saturated rings. The Labute approximate surface area is 174 Å². The third kappa shape index (κ3) is 3.87. The highest BCUT2D eigenvalue weighted by molar-refractivity contribution is 7.92. The molecule has 0 saturated heterocycles. The molecule has 0 amide bonds. The number of aliphatic hydroxyl groups is 1. The Kier molecular flexibility index (Phi) is 5.19. The summed E-state index contributed by atoms with van der Waals surface area (Å²) in [5.74, 6) is 0.515. The SMILES string of the molecule is CCS(=O)(=O)Nc1cc(-c2cc(C)c(=O)n(C)c2)c2oc(C3CC[C@H](O)C3)nc2c1. The second-order valence-corrected chi connectivity index (χ2v) is 9.93. The second kappa shape index (κ2) is 7.55. The minimum atomic E-state index is -3.48. The normalized spacial score (nSPS) is 19.5. The molecule has 1 unspecified atom stereocenters. The zero-order valence-electron chi connectivity index (χ0n) is 17.2. The summed E-state index contributed by atoms with van der Waals surface area (Å²) in [5.41, 5.74) is 3.30. The van der Waals surface area contributed by atoms with Crippen LogP contribution in [-0.2, 0) is 17.1 Å². The van der Waals surface area contributed by atoms with Gasteiger partial charge in [-0.1, -0.05) is 0 Å². The molecule has 0 bridgehead atoms. The summed E-state index contributed by atoms with van der Waals surface area (Å²) in [5, 5.41) is 9.88. The molecule has 1 aromatic carbocycles. The van der Waals surface area contributed by atoms with Gasteiger partial charge in [0.15, 0.2) is 11.5 Å². The Morgan fingerprint density at radius 2 is 2.07 bits per heavy atom. The molecule has 1 aliphatic carbocycles. The van der Waals surface area contributed by atoms with Crippen LogP contribution in [-0.4, -0.2) is 34.9 Å².